The van der Waals surface area contributed by atoms with Crippen LogP contribution in [0.5, 0.6) is 0 Å². The lowest BCUT2D eigenvalue weighted by atomic mass is 10.00. The van der Waals surface area contributed by atoms with E-state index < -0.39 is 41.2 Å². The van der Waals surface area contributed by atoms with Gasteiger partial charge in [-0.05, 0) is 33.3 Å². The van der Waals surface area contributed by atoms with Crippen LogP contribution in [-0.2, 0) is 4.74 Å². The highest BCUT2D eigenvalue weighted by molar-refractivity contribution is 5.67. The van der Waals surface area contributed by atoms with E-state index >= 15 is 0 Å². The molecule has 1 aromatic carbocycles. The van der Waals surface area contributed by atoms with Crippen LogP contribution in [0.4, 0.5) is 19.3 Å². The molecule has 2 atom stereocenters. The third-order valence-electron chi connectivity index (χ3n) is 2.92. The molecular formula is C15H22F2N2O4. The molecular weight excluding hydrogens is 310 g/mol. The van der Waals surface area contributed by atoms with Crippen LogP contribution in [0.1, 0.15) is 38.9 Å². The molecule has 0 fully saturated rings. The fourth-order valence-corrected chi connectivity index (χ4v) is 1.85. The van der Waals surface area contributed by atoms with Gasteiger partial charge in [-0.15, -0.1) is 0 Å². The van der Waals surface area contributed by atoms with E-state index in [9.17, 15) is 23.8 Å². The zero-order valence-electron chi connectivity index (χ0n) is 13.3. The van der Waals surface area contributed by atoms with Crippen LogP contribution < -0.4 is 11.1 Å². The Morgan fingerprint density at radius 2 is 1.96 bits per heavy atom. The van der Waals surface area contributed by atoms with Crippen molar-refractivity contribution < 1.29 is 28.5 Å². The third kappa shape index (κ3) is 5.99. The maximum atomic E-state index is 13.3. The smallest absolute Gasteiger partial charge is 0.407 e. The van der Waals surface area contributed by atoms with Gasteiger partial charge in [0.15, 0.2) is 0 Å². The monoisotopic (exact) mass is 332 g/mol. The van der Waals surface area contributed by atoms with Gasteiger partial charge in [0, 0.05) is 18.2 Å². The first-order valence-corrected chi connectivity index (χ1v) is 7.08. The first kappa shape index (κ1) is 19.1. The Balaban J connectivity index is 2.58. The van der Waals surface area contributed by atoms with E-state index in [2.05, 4.69) is 5.32 Å². The number of hydrogen-bond acceptors (Lipinski definition) is 5. The molecule has 1 aromatic rings. The number of amides is 1. The summed E-state index contributed by atoms with van der Waals surface area (Å²) in [5.41, 5.74) is 4.10. The van der Waals surface area contributed by atoms with Gasteiger partial charge >= 0.3 is 6.09 Å². The van der Waals surface area contributed by atoms with Gasteiger partial charge in [-0.3, -0.25) is 0 Å². The van der Waals surface area contributed by atoms with Gasteiger partial charge in [0.05, 0.1) is 11.8 Å². The molecule has 0 aliphatic heterocycles. The Labute approximate surface area is 133 Å². The number of benzene rings is 1. The second-order valence-corrected chi connectivity index (χ2v) is 6.12. The summed E-state index contributed by atoms with van der Waals surface area (Å²) in [6.45, 7) is 5.11. The van der Waals surface area contributed by atoms with Gasteiger partial charge < -0.3 is 26.0 Å². The fourth-order valence-electron chi connectivity index (χ4n) is 1.85. The molecule has 0 aliphatic rings. The number of nitrogen functional groups attached to an aromatic ring is 1. The van der Waals surface area contributed by atoms with Gasteiger partial charge in [0.2, 0.25) is 0 Å². The molecule has 0 bridgehead atoms. The second-order valence-electron chi connectivity index (χ2n) is 6.12. The van der Waals surface area contributed by atoms with E-state index in [0.717, 1.165) is 6.07 Å². The number of carbonyl (C=O) groups excluding carboxylic acids is 1. The lowest BCUT2D eigenvalue weighted by Gasteiger charge is -2.22. The Morgan fingerprint density at radius 1 is 1.35 bits per heavy atom. The van der Waals surface area contributed by atoms with Crippen molar-refractivity contribution in [3.8, 4) is 0 Å². The van der Waals surface area contributed by atoms with Crippen molar-refractivity contribution in [2.75, 3.05) is 12.3 Å². The molecule has 2 unspecified atom stereocenters. The predicted molar refractivity (Wildman–Crippen MR) is 80.6 cm³/mol. The van der Waals surface area contributed by atoms with Gasteiger partial charge in [-0.2, -0.15) is 0 Å². The summed E-state index contributed by atoms with van der Waals surface area (Å²) in [5, 5.41) is 22.2. The van der Waals surface area contributed by atoms with E-state index in [4.69, 9.17) is 10.5 Å². The summed E-state index contributed by atoms with van der Waals surface area (Å²) in [5.74, 6) is -1.93. The fraction of sp³-hybridized carbons (Fsp3) is 0.533. The molecule has 1 amide bonds. The molecule has 0 spiro atoms. The summed E-state index contributed by atoms with van der Waals surface area (Å²) < 4.78 is 31.5. The summed E-state index contributed by atoms with van der Waals surface area (Å²) >= 11 is 0. The van der Waals surface area contributed by atoms with Gasteiger partial charge in [-0.1, -0.05) is 0 Å². The molecule has 130 valence electrons. The van der Waals surface area contributed by atoms with E-state index in [1.54, 1.807) is 20.8 Å². The van der Waals surface area contributed by atoms with Crippen LogP contribution in [0.2, 0.25) is 0 Å². The summed E-state index contributed by atoms with van der Waals surface area (Å²) in [7, 11) is 0. The molecule has 1 rings (SSSR count). The zero-order chi connectivity index (χ0) is 17.8. The predicted octanol–water partition coefficient (Wildman–Crippen LogP) is 1.86. The van der Waals surface area contributed by atoms with E-state index in [1.807, 2.05) is 0 Å². The minimum atomic E-state index is -1.58. The number of carbonyl (C=O) groups is 1. The van der Waals surface area contributed by atoms with Crippen molar-refractivity contribution in [2.24, 2.45) is 0 Å². The van der Waals surface area contributed by atoms with Crippen LogP contribution in [0, 0.1) is 11.6 Å². The van der Waals surface area contributed by atoms with Crippen molar-refractivity contribution in [3.05, 3.63) is 29.3 Å². The first-order chi connectivity index (χ1) is 10.5. The second kappa shape index (κ2) is 7.56. The van der Waals surface area contributed by atoms with Gasteiger partial charge in [0.1, 0.15) is 23.3 Å². The van der Waals surface area contributed by atoms with Crippen LogP contribution >= 0.6 is 0 Å². The molecule has 23 heavy (non-hydrogen) atoms. The lowest BCUT2D eigenvalue weighted by molar-refractivity contribution is 0.0124. The Hall–Kier alpha value is -1.93. The van der Waals surface area contributed by atoms with Crippen molar-refractivity contribution in [2.45, 2.75) is 45.0 Å². The van der Waals surface area contributed by atoms with Crippen LogP contribution in [-0.4, -0.2) is 34.6 Å². The molecule has 5 N–H and O–H groups in total. The molecule has 8 heteroatoms. The van der Waals surface area contributed by atoms with Crippen LogP contribution in [0.25, 0.3) is 0 Å². The molecule has 0 aliphatic carbocycles. The standard InChI is InChI=1S/C15H22F2N2O4/c1-15(2,3)23-14(22)19-5-4-11(20)13(21)9-6-8(16)7-10(17)12(9)18/h6-7,11,13,20-21H,4-5,18H2,1-3H3,(H,19,22). The summed E-state index contributed by atoms with van der Waals surface area (Å²) in [4.78, 5) is 11.4. The number of ether oxygens (including phenoxy) is 1. The normalized spacial score (nSPS) is 14.2. The number of halogens is 2. The Bertz CT molecular complexity index is 561. The van der Waals surface area contributed by atoms with E-state index in [1.165, 1.54) is 0 Å². The molecule has 0 radical (unpaired) electrons. The average Bonchev–Trinajstić information content (AvgIpc) is 2.39. The highest BCUT2D eigenvalue weighted by Gasteiger charge is 2.23. The maximum absolute atomic E-state index is 13.3. The van der Waals surface area contributed by atoms with Crippen LogP contribution in [0.15, 0.2) is 12.1 Å². The summed E-state index contributed by atoms with van der Waals surface area (Å²) in [6, 6.07) is 1.44. The number of aliphatic hydroxyl groups is 2. The highest BCUT2D eigenvalue weighted by Crippen LogP contribution is 2.27. The number of hydrogen-bond donors (Lipinski definition) is 4. The number of rotatable bonds is 5. The Kier molecular flexibility index (Phi) is 6.28. The molecule has 0 heterocycles. The number of nitrogens with one attached hydrogen (secondary N) is 1. The molecule has 6 nitrogen and oxygen atoms in total. The van der Waals surface area contributed by atoms with Crippen molar-refractivity contribution in [3.63, 3.8) is 0 Å². The topological polar surface area (TPSA) is 105 Å². The molecule has 0 aromatic heterocycles. The van der Waals surface area contributed by atoms with E-state index in [-0.39, 0.29) is 18.5 Å². The van der Waals surface area contributed by atoms with Gasteiger partial charge in [0.25, 0.3) is 0 Å². The summed E-state index contributed by atoms with van der Waals surface area (Å²) in [6.07, 6.45) is -3.68. The number of alkyl carbamates (subject to hydrolysis) is 1. The zero-order valence-corrected chi connectivity index (χ0v) is 13.3. The number of nitrogens with two attached hydrogens (primary N) is 1. The molecule has 0 saturated carbocycles. The van der Waals surface area contributed by atoms with E-state index in [0.29, 0.717) is 6.07 Å². The van der Waals surface area contributed by atoms with Crippen molar-refractivity contribution in [1.82, 2.24) is 5.32 Å². The van der Waals surface area contributed by atoms with Crippen molar-refractivity contribution >= 4 is 11.8 Å². The van der Waals surface area contributed by atoms with Crippen molar-refractivity contribution in [1.29, 1.82) is 0 Å². The maximum Gasteiger partial charge on any atom is 0.407 e. The average molecular weight is 332 g/mol. The minimum absolute atomic E-state index is 0.00480. The van der Waals surface area contributed by atoms with Gasteiger partial charge in [-0.25, -0.2) is 13.6 Å². The lowest BCUT2D eigenvalue weighted by Crippen LogP contribution is -2.34. The third-order valence-corrected chi connectivity index (χ3v) is 2.92. The SMILES string of the molecule is CC(C)(C)OC(=O)NCCC(O)C(O)c1cc(F)cc(F)c1N. The first-order valence-electron chi connectivity index (χ1n) is 7.08. The van der Waals surface area contributed by atoms with Crippen LogP contribution in [0.3, 0.4) is 0 Å². The number of anilines is 1. The highest BCUT2D eigenvalue weighted by atomic mass is 19.1. The Morgan fingerprint density at radius 3 is 2.52 bits per heavy atom. The quantitative estimate of drug-likeness (QED) is 0.616. The minimum Gasteiger partial charge on any atom is -0.444 e. The molecule has 0 saturated heterocycles. The largest absolute Gasteiger partial charge is 0.444 e. The number of aliphatic hydroxyl groups excluding tert-OH is 2.